The smallest absolute Gasteiger partial charge is 0.379 e. The highest BCUT2D eigenvalue weighted by atomic mass is 32.2. The summed E-state index contributed by atoms with van der Waals surface area (Å²) in [6, 6.07) is 11.2. The van der Waals surface area contributed by atoms with Crippen molar-refractivity contribution in [1.29, 1.82) is 0 Å². The highest BCUT2D eigenvalue weighted by Crippen LogP contribution is 2.29. The summed E-state index contributed by atoms with van der Waals surface area (Å²) in [5, 5.41) is 0. The van der Waals surface area contributed by atoms with Gasteiger partial charge in [-0.05, 0) is 41.8 Å². The van der Waals surface area contributed by atoms with Gasteiger partial charge in [0.05, 0.1) is 23.7 Å². The molecule has 1 aliphatic rings. The largest absolute Gasteiger partial charge is 0.416 e. The number of nitrogens with zero attached hydrogens (tertiary/aromatic N) is 2. The molecule has 32 heavy (non-hydrogen) atoms. The van der Waals surface area contributed by atoms with E-state index in [0.29, 0.717) is 38.3 Å². The second-order valence-electron chi connectivity index (χ2n) is 7.60. The molecule has 1 fully saturated rings. The van der Waals surface area contributed by atoms with Crippen LogP contribution >= 0.6 is 0 Å². The standard InChI is InChI=1S/C22H25F3N2O4S/c1-26(16-18-2-7-19(8-3-18)22(23,24)25)21(28)11-6-17-4-9-20(10-5-17)32(29,30)27-12-14-31-15-13-27/h2-5,7-10H,6,11-16H2,1H3. The molecular weight excluding hydrogens is 445 g/mol. The van der Waals surface area contributed by atoms with E-state index in [-0.39, 0.29) is 23.8 Å². The van der Waals surface area contributed by atoms with Crippen LogP contribution in [0.3, 0.4) is 0 Å². The predicted octanol–water partition coefficient (Wildman–Crippen LogP) is 3.32. The highest BCUT2D eigenvalue weighted by molar-refractivity contribution is 7.89. The molecule has 0 bridgehead atoms. The highest BCUT2D eigenvalue weighted by Gasteiger charge is 2.30. The summed E-state index contributed by atoms with van der Waals surface area (Å²) in [6.45, 7) is 1.60. The van der Waals surface area contributed by atoms with Gasteiger partial charge in [0.2, 0.25) is 15.9 Å². The normalized spacial score (nSPS) is 15.5. The van der Waals surface area contributed by atoms with Crippen LogP contribution in [0.2, 0.25) is 0 Å². The molecule has 1 saturated heterocycles. The summed E-state index contributed by atoms with van der Waals surface area (Å²) < 4.78 is 69.8. The molecule has 1 heterocycles. The first-order valence-corrected chi connectivity index (χ1v) is 11.6. The van der Waals surface area contributed by atoms with Gasteiger partial charge in [0.1, 0.15) is 0 Å². The fraction of sp³-hybridized carbons (Fsp3) is 0.409. The molecule has 0 spiro atoms. The molecule has 1 aliphatic heterocycles. The van der Waals surface area contributed by atoms with E-state index >= 15 is 0 Å². The molecule has 2 aromatic carbocycles. The molecule has 174 valence electrons. The number of morpholine rings is 1. The topological polar surface area (TPSA) is 66.9 Å². The number of hydrogen-bond acceptors (Lipinski definition) is 4. The summed E-state index contributed by atoms with van der Waals surface area (Å²) in [4.78, 5) is 14.1. The summed E-state index contributed by atoms with van der Waals surface area (Å²) in [5.74, 6) is -0.157. The first-order chi connectivity index (χ1) is 15.1. The average Bonchev–Trinajstić information content (AvgIpc) is 2.78. The van der Waals surface area contributed by atoms with Crippen molar-refractivity contribution in [1.82, 2.24) is 9.21 Å². The molecule has 0 unspecified atom stereocenters. The number of sulfonamides is 1. The van der Waals surface area contributed by atoms with Crippen molar-refractivity contribution in [2.24, 2.45) is 0 Å². The molecule has 0 atom stereocenters. The Hall–Kier alpha value is -2.43. The molecule has 6 nitrogen and oxygen atoms in total. The number of benzene rings is 2. The van der Waals surface area contributed by atoms with Crippen molar-refractivity contribution in [2.75, 3.05) is 33.4 Å². The second-order valence-corrected chi connectivity index (χ2v) is 9.54. The number of aryl methyl sites for hydroxylation is 1. The Morgan fingerprint density at radius 1 is 1.00 bits per heavy atom. The number of carbonyl (C=O) groups excluding carboxylic acids is 1. The van der Waals surface area contributed by atoms with Crippen LogP contribution in [0.5, 0.6) is 0 Å². The van der Waals surface area contributed by atoms with Crippen LogP contribution in [-0.4, -0.2) is 56.9 Å². The van der Waals surface area contributed by atoms with Crippen LogP contribution in [0.15, 0.2) is 53.4 Å². The lowest BCUT2D eigenvalue weighted by Crippen LogP contribution is -2.40. The van der Waals surface area contributed by atoms with Crippen LogP contribution in [0.4, 0.5) is 13.2 Å². The number of rotatable bonds is 7. The number of carbonyl (C=O) groups is 1. The molecule has 10 heteroatoms. The lowest BCUT2D eigenvalue weighted by Gasteiger charge is -2.26. The third kappa shape index (κ3) is 6.08. The van der Waals surface area contributed by atoms with E-state index in [4.69, 9.17) is 4.74 Å². The summed E-state index contributed by atoms with van der Waals surface area (Å²) in [6.07, 6.45) is -3.77. The molecular formula is C22H25F3N2O4S. The quantitative estimate of drug-likeness (QED) is 0.623. The molecule has 0 radical (unpaired) electrons. The van der Waals surface area contributed by atoms with Gasteiger partial charge in [-0.2, -0.15) is 17.5 Å². The van der Waals surface area contributed by atoms with Crippen molar-refractivity contribution in [3.63, 3.8) is 0 Å². The SMILES string of the molecule is CN(Cc1ccc(C(F)(F)F)cc1)C(=O)CCc1ccc(S(=O)(=O)N2CCOCC2)cc1. The minimum Gasteiger partial charge on any atom is -0.379 e. The zero-order chi connectivity index (χ0) is 23.4. The maximum atomic E-state index is 12.7. The van der Waals surface area contributed by atoms with Gasteiger partial charge in [0.25, 0.3) is 0 Å². The summed E-state index contributed by atoms with van der Waals surface area (Å²) in [7, 11) is -1.97. The van der Waals surface area contributed by atoms with Gasteiger partial charge in [0, 0.05) is 33.1 Å². The third-order valence-corrected chi connectivity index (χ3v) is 7.20. The average molecular weight is 471 g/mol. The molecule has 0 saturated carbocycles. The van der Waals surface area contributed by atoms with Crippen LogP contribution in [0, 0.1) is 0 Å². The lowest BCUT2D eigenvalue weighted by molar-refractivity contribution is -0.137. The van der Waals surface area contributed by atoms with Gasteiger partial charge in [0.15, 0.2) is 0 Å². The number of halogens is 3. The number of ether oxygens (including phenoxy) is 1. The van der Waals surface area contributed by atoms with Crippen molar-refractivity contribution < 1.29 is 31.1 Å². The Morgan fingerprint density at radius 3 is 2.12 bits per heavy atom. The Kier molecular flexibility index (Phi) is 7.58. The van der Waals surface area contributed by atoms with Crippen LogP contribution in [0.1, 0.15) is 23.1 Å². The fourth-order valence-electron chi connectivity index (χ4n) is 3.37. The minimum atomic E-state index is -4.39. The van der Waals surface area contributed by atoms with E-state index in [1.807, 2.05) is 0 Å². The van der Waals surface area contributed by atoms with Crippen molar-refractivity contribution in [3.8, 4) is 0 Å². The molecule has 1 amide bonds. The third-order valence-electron chi connectivity index (χ3n) is 5.29. The van der Waals surface area contributed by atoms with Crippen LogP contribution in [-0.2, 0) is 38.7 Å². The van der Waals surface area contributed by atoms with Gasteiger partial charge in [-0.25, -0.2) is 8.42 Å². The van der Waals surface area contributed by atoms with Gasteiger partial charge in [-0.1, -0.05) is 24.3 Å². The lowest BCUT2D eigenvalue weighted by atomic mass is 10.1. The summed E-state index contributed by atoms with van der Waals surface area (Å²) >= 11 is 0. The Bertz CT molecular complexity index is 1020. The zero-order valence-electron chi connectivity index (χ0n) is 17.6. The van der Waals surface area contributed by atoms with E-state index in [1.54, 1.807) is 19.2 Å². The fourth-order valence-corrected chi connectivity index (χ4v) is 4.78. The number of alkyl halides is 3. The van der Waals surface area contributed by atoms with Gasteiger partial charge in [-0.15, -0.1) is 0 Å². The molecule has 0 N–H and O–H groups in total. The minimum absolute atomic E-state index is 0.157. The van der Waals surface area contributed by atoms with Crippen molar-refractivity contribution in [2.45, 2.75) is 30.5 Å². The van der Waals surface area contributed by atoms with Crippen LogP contribution in [0.25, 0.3) is 0 Å². The monoisotopic (exact) mass is 470 g/mol. The van der Waals surface area contributed by atoms with E-state index in [9.17, 15) is 26.4 Å². The Balaban J connectivity index is 1.53. The molecule has 0 aromatic heterocycles. The first-order valence-electron chi connectivity index (χ1n) is 10.1. The Morgan fingerprint density at radius 2 is 1.56 bits per heavy atom. The predicted molar refractivity (Wildman–Crippen MR) is 112 cm³/mol. The number of hydrogen-bond donors (Lipinski definition) is 0. The van der Waals surface area contributed by atoms with E-state index in [1.165, 1.54) is 33.5 Å². The van der Waals surface area contributed by atoms with Crippen LogP contribution < -0.4 is 0 Å². The number of amides is 1. The van der Waals surface area contributed by atoms with E-state index in [0.717, 1.165) is 17.7 Å². The zero-order valence-corrected chi connectivity index (χ0v) is 18.5. The van der Waals surface area contributed by atoms with E-state index < -0.39 is 21.8 Å². The summed E-state index contributed by atoms with van der Waals surface area (Å²) in [5.41, 5.74) is 0.697. The van der Waals surface area contributed by atoms with Gasteiger partial charge in [-0.3, -0.25) is 4.79 Å². The van der Waals surface area contributed by atoms with Gasteiger partial charge < -0.3 is 9.64 Å². The Labute approximate surface area is 185 Å². The van der Waals surface area contributed by atoms with Gasteiger partial charge >= 0.3 is 6.18 Å². The van der Waals surface area contributed by atoms with Crippen molar-refractivity contribution in [3.05, 3.63) is 65.2 Å². The maximum Gasteiger partial charge on any atom is 0.416 e. The molecule has 3 rings (SSSR count). The van der Waals surface area contributed by atoms with Crippen molar-refractivity contribution >= 4 is 15.9 Å². The maximum absolute atomic E-state index is 12.7. The molecule has 2 aromatic rings. The van der Waals surface area contributed by atoms with E-state index in [2.05, 4.69) is 0 Å². The second kappa shape index (κ2) is 10.0. The molecule has 0 aliphatic carbocycles. The first kappa shape index (κ1) is 24.2.